The van der Waals surface area contributed by atoms with E-state index >= 15 is 0 Å². The van der Waals surface area contributed by atoms with Gasteiger partial charge in [-0.05, 0) is 29.3 Å². The summed E-state index contributed by atoms with van der Waals surface area (Å²) in [6, 6.07) is 2.71. The molecule has 0 bridgehead atoms. The van der Waals surface area contributed by atoms with Gasteiger partial charge in [0.2, 0.25) is 5.89 Å². The van der Waals surface area contributed by atoms with Gasteiger partial charge in [0.25, 0.3) is 0 Å². The molecule has 7 heteroatoms. The van der Waals surface area contributed by atoms with E-state index in [1.165, 1.54) is 5.56 Å². The highest BCUT2D eigenvalue weighted by molar-refractivity contribution is 7.07. The zero-order valence-corrected chi connectivity index (χ0v) is 13.9. The molecule has 1 atom stereocenters. The van der Waals surface area contributed by atoms with Crippen LogP contribution in [0.3, 0.4) is 0 Å². The molecule has 0 spiro atoms. The largest absolute Gasteiger partial charge is 0.377 e. The third-order valence-electron chi connectivity index (χ3n) is 4.12. The molecular weight excluding hydrogens is 300 g/mol. The number of ether oxygens (including phenoxy) is 1. The average molecular weight is 322 g/mol. The van der Waals surface area contributed by atoms with E-state index < -0.39 is 0 Å². The molecule has 120 valence electrons. The lowest BCUT2D eigenvalue weighted by atomic mass is 10.1. The van der Waals surface area contributed by atoms with Gasteiger partial charge in [0.1, 0.15) is 6.61 Å². The first kappa shape index (κ1) is 15.6. The highest BCUT2D eigenvalue weighted by Gasteiger charge is 2.23. The Balaban J connectivity index is 1.49. The van der Waals surface area contributed by atoms with Gasteiger partial charge in [0.05, 0.1) is 6.54 Å². The summed E-state index contributed by atoms with van der Waals surface area (Å²) in [6.07, 6.45) is 0. The maximum absolute atomic E-state index is 5.26. The van der Waals surface area contributed by atoms with Crippen LogP contribution in [-0.4, -0.2) is 53.2 Å². The number of aromatic nitrogens is 2. The first-order valence-electron chi connectivity index (χ1n) is 7.55. The van der Waals surface area contributed by atoms with Crippen LogP contribution in [0.4, 0.5) is 0 Å². The van der Waals surface area contributed by atoms with Gasteiger partial charge in [-0.3, -0.25) is 9.80 Å². The third kappa shape index (κ3) is 3.73. The van der Waals surface area contributed by atoms with Crippen LogP contribution < -0.4 is 0 Å². The molecule has 0 radical (unpaired) electrons. The Bertz CT molecular complexity index is 564. The Morgan fingerprint density at radius 2 is 2.18 bits per heavy atom. The molecule has 3 rings (SSSR count). The minimum absolute atomic E-state index is 0.398. The quantitative estimate of drug-likeness (QED) is 0.812. The van der Waals surface area contributed by atoms with Crippen LogP contribution in [0.15, 0.2) is 21.3 Å². The summed E-state index contributed by atoms with van der Waals surface area (Å²) in [5.41, 5.74) is 1.42. The fourth-order valence-electron chi connectivity index (χ4n) is 2.77. The maximum Gasteiger partial charge on any atom is 0.240 e. The van der Waals surface area contributed by atoms with Crippen LogP contribution in [-0.2, 0) is 17.9 Å². The van der Waals surface area contributed by atoms with Crippen LogP contribution in [0.5, 0.6) is 0 Å². The van der Waals surface area contributed by atoms with E-state index in [9.17, 15) is 0 Å². The van der Waals surface area contributed by atoms with Crippen LogP contribution >= 0.6 is 11.3 Å². The monoisotopic (exact) mass is 322 g/mol. The highest BCUT2D eigenvalue weighted by atomic mass is 32.1. The van der Waals surface area contributed by atoms with Crippen molar-refractivity contribution in [2.75, 3.05) is 33.3 Å². The van der Waals surface area contributed by atoms with Crippen molar-refractivity contribution in [3.63, 3.8) is 0 Å². The maximum atomic E-state index is 5.26. The van der Waals surface area contributed by atoms with E-state index in [1.807, 2.05) is 0 Å². The summed E-state index contributed by atoms with van der Waals surface area (Å²) in [5, 5.41) is 8.29. The highest BCUT2D eigenvalue weighted by Crippen LogP contribution is 2.23. The lowest BCUT2D eigenvalue weighted by Gasteiger charge is -2.37. The minimum Gasteiger partial charge on any atom is -0.377 e. The predicted molar refractivity (Wildman–Crippen MR) is 84.6 cm³/mol. The van der Waals surface area contributed by atoms with E-state index in [2.05, 4.69) is 43.7 Å². The second-order valence-electron chi connectivity index (χ2n) is 5.58. The second kappa shape index (κ2) is 7.32. The van der Waals surface area contributed by atoms with E-state index in [0.29, 0.717) is 24.4 Å². The first-order valence-corrected chi connectivity index (χ1v) is 8.49. The van der Waals surface area contributed by atoms with Crippen LogP contribution in [0.25, 0.3) is 0 Å². The summed E-state index contributed by atoms with van der Waals surface area (Å²) in [5.74, 6) is 1.29. The van der Waals surface area contributed by atoms with Crippen molar-refractivity contribution in [3.8, 4) is 0 Å². The molecule has 1 aliphatic rings. The molecule has 0 aliphatic carbocycles. The molecule has 3 heterocycles. The van der Waals surface area contributed by atoms with Crippen molar-refractivity contribution < 1.29 is 9.26 Å². The van der Waals surface area contributed by atoms with Gasteiger partial charge in [0, 0.05) is 39.3 Å². The molecule has 0 N–H and O–H groups in total. The number of thiophene rings is 1. The molecule has 1 fully saturated rings. The number of piperazine rings is 1. The molecule has 0 aromatic carbocycles. The van der Waals surface area contributed by atoms with Gasteiger partial charge in [-0.2, -0.15) is 16.3 Å². The van der Waals surface area contributed by atoms with Crippen molar-refractivity contribution in [3.05, 3.63) is 34.1 Å². The average Bonchev–Trinajstić information content (AvgIpc) is 3.20. The Hall–Kier alpha value is -1.28. The fourth-order valence-corrected chi connectivity index (χ4v) is 3.51. The zero-order chi connectivity index (χ0) is 15.4. The van der Waals surface area contributed by atoms with Gasteiger partial charge in [0.15, 0.2) is 5.82 Å². The summed E-state index contributed by atoms with van der Waals surface area (Å²) in [4.78, 5) is 9.22. The third-order valence-corrected chi connectivity index (χ3v) is 4.82. The lowest BCUT2D eigenvalue weighted by molar-refractivity contribution is 0.0906. The summed E-state index contributed by atoms with van der Waals surface area (Å²) in [6.45, 7) is 7.58. The van der Waals surface area contributed by atoms with E-state index in [-0.39, 0.29) is 0 Å². The zero-order valence-electron chi connectivity index (χ0n) is 13.1. The van der Waals surface area contributed by atoms with E-state index in [1.54, 1.807) is 18.4 Å². The molecule has 2 aromatic heterocycles. The van der Waals surface area contributed by atoms with Crippen molar-refractivity contribution in [1.82, 2.24) is 19.9 Å². The van der Waals surface area contributed by atoms with Crippen molar-refractivity contribution in [2.45, 2.75) is 26.1 Å². The van der Waals surface area contributed by atoms with Gasteiger partial charge in [-0.1, -0.05) is 5.16 Å². The molecule has 1 aliphatic heterocycles. The molecular formula is C15H22N4O2S. The molecule has 6 nitrogen and oxygen atoms in total. The van der Waals surface area contributed by atoms with Gasteiger partial charge >= 0.3 is 0 Å². The van der Waals surface area contributed by atoms with Crippen molar-refractivity contribution >= 4 is 11.3 Å². The second-order valence-corrected chi connectivity index (χ2v) is 6.36. The molecule has 1 unspecified atom stereocenters. The van der Waals surface area contributed by atoms with E-state index in [4.69, 9.17) is 9.26 Å². The number of hydrogen-bond acceptors (Lipinski definition) is 7. The molecule has 2 aromatic rings. The number of nitrogens with zero attached hydrogens (tertiary/aromatic N) is 4. The summed E-state index contributed by atoms with van der Waals surface area (Å²) in [7, 11) is 1.63. The van der Waals surface area contributed by atoms with Crippen LogP contribution in [0.1, 0.15) is 30.2 Å². The molecule has 1 saturated heterocycles. The van der Waals surface area contributed by atoms with Gasteiger partial charge < -0.3 is 9.26 Å². The van der Waals surface area contributed by atoms with Crippen molar-refractivity contribution in [1.29, 1.82) is 0 Å². The van der Waals surface area contributed by atoms with Crippen molar-refractivity contribution in [2.24, 2.45) is 0 Å². The molecule has 22 heavy (non-hydrogen) atoms. The van der Waals surface area contributed by atoms with Crippen LogP contribution in [0.2, 0.25) is 0 Å². The smallest absolute Gasteiger partial charge is 0.240 e. The predicted octanol–water partition coefficient (Wildman–Crippen LogP) is 2.16. The normalized spacial score (nSPS) is 18.6. The number of rotatable bonds is 6. The fraction of sp³-hybridized carbons (Fsp3) is 0.600. The van der Waals surface area contributed by atoms with Gasteiger partial charge in [-0.25, -0.2) is 0 Å². The Kier molecular flexibility index (Phi) is 5.20. The lowest BCUT2D eigenvalue weighted by Crippen LogP contribution is -2.46. The summed E-state index contributed by atoms with van der Waals surface area (Å²) < 4.78 is 10.3. The van der Waals surface area contributed by atoms with Crippen LogP contribution in [0, 0.1) is 0 Å². The first-order chi connectivity index (χ1) is 10.8. The molecule has 0 amide bonds. The Morgan fingerprint density at radius 1 is 1.36 bits per heavy atom. The van der Waals surface area contributed by atoms with E-state index in [0.717, 1.165) is 32.7 Å². The van der Waals surface area contributed by atoms with Gasteiger partial charge in [-0.15, -0.1) is 0 Å². The topological polar surface area (TPSA) is 54.6 Å². The Morgan fingerprint density at radius 3 is 2.86 bits per heavy atom. The Labute approximate surface area is 134 Å². The standard InChI is InChI=1S/C15H22N4O2S/c1-12(13-3-8-22-11-13)19-6-4-18(5-7-19)9-15-16-14(10-20-2)17-21-15/h3,8,11-12H,4-7,9-10H2,1-2H3. The SMILES string of the molecule is COCc1noc(CN2CCN(C(C)c3ccsc3)CC2)n1. The minimum atomic E-state index is 0.398. The molecule has 0 saturated carbocycles. The number of hydrogen-bond donors (Lipinski definition) is 0. The summed E-state index contributed by atoms with van der Waals surface area (Å²) >= 11 is 1.77. The number of methoxy groups -OCH3 is 1.